The van der Waals surface area contributed by atoms with E-state index in [1.165, 1.54) is 14.2 Å². The summed E-state index contributed by atoms with van der Waals surface area (Å²) in [7, 11) is 0. The summed E-state index contributed by atoms with van der Waals surface area (Å²) in [6.45, 7) is 3.12. The van der Waals surface area contributed by atoms with Gasteiger partial charge in [0.25, 0.3) is 0 Å². The maximum atomic E-state index is 5.42. The lowest BCUT2D eigenvalue weighted by Gasteiger charge is -2.27. The van der Waals surface area contributed by atoms with Crippen molar-refractivity contribution in [1.82, 2.24) is 14.9 Å². The van der Waals surface area contributed by atoms with E-state index in [0.29, 0.717) is 5.95 Å². The molecule has 0 amide bonds. The van der Waals surface area contributed by atoms with Crippen LogP contribution in [0.1, 0.15) is 16.1 Å². The smallest absolute Gasteiger partial charge is 0.231 e. The average Bonchev–Trinajstić information content (AvgIpc) is 3.30. The van der Waals surface area contributed by atoms with Gasteiger partial charge in [0, 0.05) is 54.4 Å². The van der Waals surface area contributed by atoms with Crippen LogP contribution in [0.4, 0.5) is 11.6 Å². The van der Waals surface area contributed by atoms with Crippen molar-refractivity contribution in [3.63, 3.8) is 0 Å². The van der Waals surface area contributed by atoms with Gasteiger partial charge in [0.05, 0.1) is 9.48 Å². The van der Waals surface area contributed by atoms with Gasteiger partial charge in [-0.25, -0.2) is 9.97 Å². The fourth-order valence-electron chi connectivity index (χ4n) is 3.33. The van der Waals surface area contributed by atoms with Crippen LogP contribution in [0.3, 0.4) is 0 Å². The number of hydrogen-bond acceptors (Lipinski definition) is 7. The zero-order valence-corrected chi connectivity index (χ0v) is 16.8. The molecule has 2 aromatic heterocycles. The Labute approximate surface area is 169 Å². The highest BCUT2D eigenvalue weighted by Gasteiger charge is 2.19. The van der Waals surface area contributed by atoms with E-state index >= 15 is 0 Å². The number of benzene rings is 1. The molecule has 6 nitrogen and oxygen atoms in total. The van der Waals surface area contributed by atoms with E-state index in [2.05, 4.69) is 43.3 Å². The number of fused-ring (bicyclic) bond motifs is 2. The van der Waals surface area contributed by atoms with Crippen molar-refractivity contribution in [2.45, 2.75) is 19.5 Å². The molecule has 1 N–H and O–H groups in total. The first-order chi connectivity index (χ1) is 13.2. The molecule has 1 aromatic carbocycles. The lowest BCUT2D eigenvalue weighted by molar-refractivity contribution is 0.174. The van der Waals surface area contributed by atoms with Gasteiger partial charge < -0.3 is 14.8 Å². The van der Waals surface area contributed by atoms with Gasteiger partial charge in [0.2, 0.25) is 12.7 Å². The number of ether oxygens (including phenoxy) is 2. The average molecular weight is 445 g/mol. The van der Waals surface area contributed by atoms with Gasteiger partial charge in [-0.05, 0) is 40.2 Å². The second kappa shape index (κ2) is 7.10. The second-order valence-corrected chi connectivity index (χ2v) is 9.07. The molecule has 0 spiro atoms. The van der Waals surface area contributed by atoms with Crippen LogP contribution in [0, 0.1) is 0 Å². The standard InChI is InChI=1S/C19H17BrN4O2S/c20-18-4-2-14(27-18)10-24-6-5-15-12(9-24)8-21-19(23-15)22-13-1-3-16-17(7-13)26-11-25-16/h1-4,7-8H,5-6,9-11H2,(H,21,22,23). The molecule has 138 valence electrons. The Bertz CT molecular complexity index is 994. The maximum Gasteiger partial charge on any atom is 0.231 e. The minimum Gasteiger partial charge on any atom is -0.454 e. The number of anilines is 2. The van der Waals surface area contributed by atoms with Gasteiger partial charge in [-0.15, -0.1) is 11.3 Å². The Morgan fingerprint density at radius 3 is 3.00 bits per heavy atom. The van der Waals surface area contributed by atoms with Crippen LogP contribution in [-0.2, 0) is 19.5 Å². The van der Waals surface area contributed by atoms with Gasteiger partial charge >= 0.3 is 0 Å². The van der Waals surface area contributed by atoms with Crippen LogP contribution in [0.15, 0.2) is 40.3 Å². The largest absolute Gasteiger partial charge is 0.454 e. The molecule has 3 aromatic rings. The zero-order valence-electron chi connectivity index (χ0n) is 14.4. The van der Waals surface area contributed by atoms with E-state index in [4.69, 9.17) is 14.5 Å². The Morgan fingerprint density at radius 1 is 1.19 bits per heavy atom. The van der Waals surface area contributed by atoms with Crippen molar-refractivity contribution in [3.05, 3.63) is 56.4 Å². The number of nitrogens with zero attached hydrogens (tertiary/aromatic N) is 3. The molecule has 4 heterocycles. The van der Waals surface area contributed by atoms with Crippen molar-refractivity contribution in [2.24, 2.45) is 0 Å². The summed E-state index contributed by atoms with van der Waals surface area (Å²) >= 11 is 5.32. The highest BCUT2D eigenvalue weighted by atomic mass is 79.9. The number of thiophene rings is 1. The fourth-order valence-corrected chi connectivity index (χ4v) is 4.86. The highest BCUT2D eigenvalue weighted by molar-refractivity contribution is 9.11. The van der Waals surface area contributed by atoms with E-state index in [1.807, 2.05) is 24.4 Å². The molecule has 2 aliphatic heterocycles. The molecular weight excluding hydrogens is 428 g/mol. The van der Waals surface area contributed by atoms with E-state index in [1.54, 1.807) is 11.3 Å². The fraction of sp³-hybridized carbons (Fsp3) is 0.263. The molecule has 0 fully saturated rings. The Hall–Kier alpha value is -2.16. The number of nitrogens with one attached hydrogen (secondary N) is 1. The normalized spacial score (nSPS) is 15.6. The minimum atomic E-state index is 0.271. The van der Waals surface area contributed by atoms with E-state index in [0.717, 1.165) is 48.9 Å². The van der Waals surface area contributed by atoms with Crippen molar-refractivity contribution >= 4 is 38.9 Å². The molecule has 2 aliphatic rings. The monoisotopic (exact) mass is 444 g/mol. The van der Waals surface area contributed by atoms with Gasteiger partial charge in [-0.2, -0.15) is 0 Å². The first kappa shape index (κ1) is 17.0. The molecule has 0 unspecified atom stereocenters. The molecule has 0 atom stereocenters. The van der Waals surface area contributed by atoms with Crippen LogP contribution >= 0.6 is 27.3 Å². The van der Waals surface area contributed by atoms with E-state index < -0.39 is 0 Å². The predicted octanol–water partition coefficient (Wildman–Crippen LogP) is 4.33. The van der Waals surface area contributed by atoms with Crippen LogP contribution in [0.2, 0.25) is 0 Å². The highest BCUT2D eigenvalue weighted by Crippen LogP contribution is 2.35. The summed E-state index contributed by atoms with van der Waals surface area (Å²) < 4.78 is 11.9. The summed E-state index contributed by atoms with van der Waals surface area (Å²) in [6.07, 6.45) is 2.87. The van der Waals surface area contributed by atoms with Gasteiger partial charge in [0.1, 0.15) is 0 Å². The van der Waals surface area contributed by atoms with E-state index in [9.17, 15) is 0 Å². The topological polar surface area (TPSA) is 59.5 Å². The van der Waals surface area contributed by atoms with Gasteiger partial charge in [0.15, 0.2) is 11.5 Å². The number of halogens is 1. The Kier molecular flexibility index (Phi) is 4.47. The number of aromatic nitrogens is 2. The van der Waals surface area contributed by atoms with Gasteiger partial charge in [-0.1, -0.05) is 0 Å². The third-order valence-electron chi connectivity index (χ3n) is 4.65. The quantitative estimate of drug-likeness (QED) is 0.645. The minimum absolute atomic E-state index is 0.271. The molecule has 0 bridgehead atoms. The summed E-state index contributed by atoms with van der Waals surface area (Å²) in [5, 5.41) is 3.26. The summed E-state index contributed by atoms with van der Waals surface area (Å²) in [5.41, 5.74) is 3.21. The number of hydrogen-bond donors (Lipinski definition) is 1. The van der Waals surface area contributed by atoms with Crippen LogP contribution < -0.4 is 14.8 Å². The first-order valence-corrected chi connectivity index (χ1v) is 10.3. The predicted molar refractivity (Wildman–Crippen MR) is 108 cm³/mol. The molecule has 0 radical (unpaired) electrons. The molecule has 0 saturated carbocycles. The first-order valence-electron chi connectivity index (χ1n) is 8.71. The molecule has 8 heteroatoms. The van der Waals surface area contributed by atoms with Crippen molar-refractivity contribution in [3.8, 4) is 11.5 Å². The Morgan fingerprint density at radius 2 is 2.11 bits per heavy atom. The zero-order chi connectivity index (χ0) is 18.2. The molecule has 0 saturated heterocycles. The molecule has 27 heavy (non-hydrogen) atoms. The van der Waals surface area contributed by atoms with Crippen molar-refractivity contribution in [1.29, 1.82) is 0 Å². The lowest BCUT2D eigenvalue weighted by atomic mass is 10.1. The van der Waals surface area contributed by atoms with Crippen LogP contribution in [0.25, 0.3) is 0 Å². The Balaban J connectivity index is 1.28. The molecule has 5 rings (SSSR count). The van der Waals surface area contributed by atoms with Gasteiger partial charge in [-0.3, -0.25) is 4.90 Å². The SMILES string of the molecule is Brc1ccc(CN2CCc3nc(Nc4ccc5c(c4)OCO5)ncc3C2)s1. The van der Waals surface area contributed by atoms with Crippen LogP contribution in [-0.4, -0.2) is 28.2 Å². The summed E-state index contributed by atoms with van der Waals surface area (Å²) in [6, 6.07) is 10.0. The summed E-state index contributed by atoms with van der Waals surface area (Å²) in [4.78, 5) is 13.0. The number of rotatable bonds is 4. The van der Waals surface area contributed by atoms with E-state index in [-0.39, 0.29) is 6.79 Å². The summed E-state index contributed by atoms with van der Waals surface area (Å²) in [5.74, 6) is 2.13. The van der Waals surface area contributed by atoms with Crippen molar-refractivity contribution in [2.75, 3.05) is 18.7 Å². The van der Waals surface area contributed by atoms with Crippen molar-refractivity contribution < 1.29 is 9.47 Å². The third-order valence-corrected chi connectivity index (χ3v) is 6.26. The molecular formula is C19H17BrN4O2S. The van der Waals surface area contributed by atoms with Crippen LogP contribution in [0.5, 0.6) is 11.5 Å². The second-order valence-electron chi connectivity index (χ2n) is 6.53. The third kappa shape index (κ3) is 3.65. The lowest BCUT2D eigenvalue weighted by Crippen LogP contribution is -2.30. The maximum absolute atomic E-state index is 5.42. The molecule has 0 aliphatic carbocycles.